The van der Waals surface area contributed by atoms with Crippen molar-refractivity contribution in [1.82, 2.24) is 4.72 Å². The van der Waals surface area contributed by atoms with Crippen LogP contribution in [0.25, 0.3) is 0 Å². The van der Waals surface area contributed by atoms with Crippen LogP contribution in [0, 0.1) is 19.7 Å². The molecule has 0 fully saturated rings. The molecule has 0 atom stereocenters. The number of anilines is 1. The van der Waals surface area contributed by atoms with E-state index in [0.717, 1.165) is 28.9 Å². The maximum absolute atomic E-state index is 12.8. The van der Waals surface area contributed by atoms with Crippen LogP contribution in [0.15, 0.2) is 47.4 Å². The third-order valence-corrected chi connectivity index (χ3v) is 4.98. The quantitative estimate of drug-likeness (QED) is 0.741. The predicted molar refractivity (Wildman–Crippen MR) is 95.4 cm³/mol. The molecule has 0 aliphatic heterocycles. The first-order chi connectivity index (χ1) is 11.8. The molecular formula is C18H21FN2O3S. The van der Waals surface area contributed by atoms with Gasteiger partial charge in [-0.15, -0.1) is 0 Å². The van der Waals surface area contributed by atoms with E-state index in [1.165, 1.54) is 12.1 Å². The number of aryl methyl sites for hydroxylation is 2. The largest absolute Gasteiger partial charge is 0.326 e. The summed E-state index contributed by atoms with van der Waals surface area (Å²) >= 11 is 0. The highest BCUT2D eigenvalue weighted by molar-refractivity contribution is 7.89. The summed E-state index contributed by atoms with van der Waals surface area (Å²) in [6.45, 7) is 4.03. The van der Waals surface area contributed by atoms with Crippen LogP contribution >= 0.6 is 0 Å². The van der Waals surface area contributed by atoms with Gasteiger partial charge in [-0.3, -0.25) is 4.79 Å². The maximum Gasteiger partial charge on any atom is 0.240 e. The molecule has 2 rings (SSSR count). The molecule has 0 spiro atoms. The van der Waals surface area contributed by atoms with E-state index in [1.54, 1.807) is 0 Å². The second kappa shape index (κ2) is 8.22. The van der Waals surface area contributed by atoms with Crippen molar-refractivity contribution in [2.24, 2.45) is 0 Å². The van der Waals surface area contributed by atoms with E-state index in [-0.39, 0.29) is 23.8 Å². The van der Waals surface area contributed by atoms with E-state index in [0.29, 0.717) is 6.42 Å². The molecule has 0 aliphatic rings. The molecule has 2 N–H and O–H groups in total. The average molecular weight is 364 g/mol. The second-order valence-electron chi connectivity index (χ2n) is 5.88. The monoisotopic (exact) mass is 364 g/mol. The zero-order valence-corrected chi connectivity index (χ0v) is 15.0. The molecular weight excluding hydrogens is 343 g/mol. The second-order valence-corrected chi connectivity index (χ2v) is 7.65. The Morgan fingerprint density at radius 3 is 2.24 bits per heavy atom. The lowest BCUT2D eigenvalue weighted by Gasteiger charge is -2.09. The van der Waals surface area contributed by atoms with Crippen LogP contribution in [0.5, 0.6) is 0 Å². The predicted octanol–water partition coefficient (Wildman–Crippen LogP) is 3.14. The van der Waals surface area contributed by atoms with Gasteiger partial charge in [0.15, 0.2) is 0 Å². The highest BCUT2D eigenvalue weighted by Gasteiger charge is 2.13. The third kappa shape index (κ3) is 5.95. The van der Waals surface area contributed by atoms with Crippen LogP contribution in [0.4, 0.5) is 10.1 Å². The number of sulfonamides is 1. The van der Waals surface area contributed by atoms with Crippen LogP contribution in [0.1, 0.15) is 24.0 Å². The Morgan fingerprint density at radius 1 is 1.04 bits per heavy atom. The van der Waals surface area contributed by atoms with Crippen LogP contribution < -0.4 is 10.0 Å². The number of carbonyl (C=O) groups is 1. The number of halogens is 1. The Balaban J connectivity index is 1.80. The van der Waals surface area contributed by atoms with E-state index < -0.39 is 15.8 Å². The van der Waals surface area contributed by atoms with Crippen molar-refractivity contribution < 1.29 is 17.6 Å². The van der Waals surface area contributed by atoms with E-state index >= 15 is 0 Å². The van der Waals surface area contributed by atoms with Gasteiger partial charge in [0, 0.05) is 18.7 Å². The lowest BCUT2D eigenvalue weighted by Crippen LogP contribution is -2.25. The van der Waals surface area contributed by atoms with Crippen LogP contribution in [0.2, 0.25) is 0 Å². The van der Waals surface area contributed by atoms with E-state index in [1.807, 2.05) is 32.0 Å². The molecule has 0 saturated carbocycles. The minimum Gasteiger partial charge on any atom is -0.326 e. The fourth-order valence-corrected chi connectivity index (χ4v) is 3.50. The van der Waals surface area contributed by atoms with Crippen molar-refractivity contribution >= 4 is 21.6 Å². The zero-order chi connectivity index (χ0) is 18.4. The molecule has 0 unspecified atom stereocenters. The van der Waals surface area contributed by atoms with Crippen molar-refractivity contribution in [1.29, 1.82) is 0 Å². The van der Waals surface area contributed by atoms with Crippen molar-refractivity contribution in [3.05, 3.63) is 59.4 Å². The molecule has 0 aliphatic carbocycles. The number of hydrogen-bond donors (Lipinski definition) is 2. The fraction of sp³-hybridized carbons (Fsp3) is 0.278. The lowest BCUT2D eigenvalue weighted by atomic mass is 10.1. The standard InChI is InChI=1S/C18H21FN2O3S/c1-13-10-14(2)12-16(11-13)21-18(22)4-3-9-20-25(23,24)17-7-5-15(19)6-8-17/h5-8,10-12,20H,3-4,9H2,1-2H3,(H,21,22). The number of carbonyl (C=O) groups excluding carboxylic acids is 1. The van der Waals surface area contributed by atoms with Crippen molar-refractivity contribution in [2.75, 3.05) is 11.9 Å². The van der Waals surface area contributed by atoms with Gasteiger partial charge in [-0.25, -0.2) is 17.5 Å². The summed E-state index contributed by atoms with van der Waals surface area (Å²) < 4.78 is 39.3. The van der Waals surface area contributed by atoms with Gasteiger partial charge in [-0.05, 0) is 67.8 Å². The smallest absolute Gasteiger partial charge is 0.240 e. The summed E-state index contributed by atoms with van der Waals surface area (Å²) in [7, 11) is -3.69. The fourth-order valence-electron chi connectivity index (χ4n) is 2.42. The molecule has 2 aromatic rings. The third-order valence-electron chi connectivity index (χ3n) is 3.50. The average Bonchev–Trinajstić information content (AvgIpc) is 2.51. The summed E-state index contributed by atoms with van der Waals surface area (Å²) in [5.41, 5.74) is 2.85. The van der Waals surface area contributed by atoms with E-state index in [9.17, 15) is 17.6 Å². The summed E-state index contributed by atoms with van der Waals surface area (Å²) in [6.07, 6.45) is 0.552. The Bertz CT molecular complexity index is 829. The number of amides is 1. The topological polar surface area (TPSA) is 75.3 Å². The minimum atomic E-state index is -3.69. The first-order valence-corrected chi connectivity index (χ1v) is 9.38. The van der Waals surface area contributed by atoms with Crippen molar-refractivity contribution in [2.45, 2.75) is 31.6 Å². The van der Waals surface area contributed by atoms with Gasteiger partial charge in [-0.1, -0.05) is 6.07 Å². The van der Waals surface area contributed by atoms with Crippen molar-refractivity contribution in [3.63, 3.8) is 0 Å². The summed E-state index contributed by atoms with van der Waals surface area (Å²) in [6, 6.07) is 10.3. The molecule has 2 aromatic carbocycles. The Kier molecular flexibility index (Phi) is 6.27. The summed E-state index contributed by atoms with van der Waals surface area (Å²) in [4.78, 5) is 11.9. The van der Waals surface area contributed by atoms with Gasteiger partial charge < -0.3 is 5.32 Å². The van der Waals surface area contributed by atoms with Gasteiger partial charge in [-0.2, -0.15) is 0 Å². The molecule has 0 saturated heterocycles. The Morgan fingerprint density at radius 2 is 1.64 bits per heavy atom. The molecule has 134 valence electrons. The number of rotatable bonds is 7. The van der Waals surface area contributed by atoms with Crippen LogP contribution in [-0.4, -0.2) is 20.9 Å². The number of nitrogens with one attached hydrogen (secondary N) is 2. The van der Waals surface area contributed by atoms with Gasteiger partial charge >= 0.3 is 0 Å². The molecule has 0 bridgehead atoms. The highest BCUT2D eigenvalue weighted by Crippen LogP contribution is 2.14. The normalized spacial score (nSPS) is 11.3. The molecule has 7 heteroatoms. The Hall–Kier alpha value is -2.25. The first kappa shape index (κ1) is 19.1. The zero-order valence-electron chi connectivity index (χ0n) is 14.2. The molecule has 25 heavy (non-hydrogen) atoms. The number of benzene rings is 2. The van der Waals surface area contributed by atoms with Gasteiger partial charge in [0.05, 0.1) is 4.90 Å². The summed E-state index contributed by atoms with van der Waals surface area (Å²) in [5.74, 6) is -0.673. The number of hydrogen-bond acceptors (Lipinski definition) is 3. The highest BCUT2D eigenvalue weighted by atomic mass is 32.2. The van der Waals surface area contributed by atoms with Gasteiger partial charge in [0.25, 0.3) is 0 Å². The maximum atomic E-state index is 12.8. The van der Waals surface area contributed by atoms with E-state index in [2.05, 4.69) is 10.0 Å². The van der Waals surface area contributed by atoms with Crippen LogP contribution in [0.3, 0.4) is 0 Å². The molecule has 5 nitrogen and oxygen atoms in total. The summed E-state index contributed by atoms with van der Waals surface area (Å²) in [5, 5.41) is 2.80. The van der Waals surface area contributed by atoms with E-state index in [4.69, 9.17) is 0 Å². The van der Waals surface area contributed by atoms with Gasteiger partial charge in [0.1, 0.15) is 5.82 Å². The molecule has 1 amide bonds. The molecule has 0 heterocycles. The minimum absolute atomic E-state index is 0.00594. The van der Waals surface area contributed by atoms with Gasteiger partial charge in [0.2, 0.25) is 15.9 Å². The molecule has 0 radical (unpaired) electrons. The molecule has 0 aromatic heterocycles. The lowest BCUT2D eigenvalue weighted by molar-refractivity contribution is -0.116. The Labute approximate surface area is 147 Å². The van der Waals surface area contributed by atoms with Crippen molar-refractivity contribution in [3.8, 4) is 0 Å². The first-order valence-electron chi connectivity index (χ1n) is 7.90. The van der Waals surface area contributed by atoms with Crippen LogP contribution in [-0.2, 0) is 14.8 Å². The SMILES string of the molecule is Cc1cc(C)cc(NC(=O)CCCNS(=O)(=O)c2ccc(F)cc2)c1.